The zero-order valence-corrected chi connectivity index (χ0v) is 28.2. The number of amides is 4. The third-order valence-corrected chi connectivity index (χ3v) is 8.32. The van der Waals surface area contributed by atoms with E-state index in [0.717, 1.165) is 11.5 Å². The predicted molar refractivity (Wildman–Crippen MR) is 156 cm³/mol. The summed E-state index contributed by atoms with van der Waals surface area (Å²) in [5.74, 6) is 1.60. The molecular weight excluding hydrogens is 609 g/mol. The molecule has 215 valence electrons. The zero-order valence-electron chi connectivity index (χ0n) is 23.8. The summed E-state index contributed by atoms with van der Waals surface area (Å²) in [7, 11) is 0. The van der Waals surface area contributed by atoms with Gasteiger partial charge in [-0.05, 0) is 36.3 Å². The number of carbonyl (C=O) groups excluding carboxylic acids is 4. The van der Waals surface area contributed by atoms with Gasteiger partial charge in [0.15, 0.2) is 0 Å². The van der Waals surface area contributed by atoms with Gasteiger partial charge < -0.3 is 21.3 Å². The van der Waals surface area contributed by atoms with Crippen LogP contribution in [0.1, 0.15) is 65.0 Å². The second-order valence-electron chi connectivity index (χ2n) is 10.2. The van der Waals surface area contributed by atoms with Gasteiger partial charge in [-0.1, -0.05) is 58.4 Å². The van der Waals surface area contributed by atoms with Crippen LogP contribution in [0.4, 0.5) is 0 Å². The summed E-state index contributed by atoms with van der Waals surface area (Å²) in [6.45, 7) is 11.2. The molecule has 0 spiro atoms. The van der Waals surface area contributed by atoms with Gasteiger partial charge in [0.1, 0.15) is 18.1 Å². The molecule has 1 aromatic rings. The van der Waals surface area contributed by atoms with E-state index in [2.05, 4.69) is 39.5 Å². The van der Waals surface area contributed by atoms with Crippen LogP contribution in [-0.2, 0) is 63.4 Å². The molecule has 0 aromatic heterocycles. The first-order chi connectivity index (χ1) is 18.1. The fourth-order valence-corrected chi connectivity index (χ4v) is 5.59. The van der Waals surface area contributed by atoms with Gasteiger partial charge in [0.25, 0.3) is 0 Å². The van der Waals surface area contributed by atoms with Crippen molar-refractivity contribution in [1.82, 2.24) is 21.3 Å². The van der Waals surface area contributed by atoms with Crippen LogP contribution in [0.3, 0.4) is 0 Å². The van der Waals surface area contributed by atoms with Crippen molar-refractivity contribution in [1.29, 1.82) is 0 Å². The van der Waals surface area contributed by atoms with Crippen molar-refractivity contribution < 1.29 is 51.9 Å². The van der Waals surface area contributed by atoms with Crippen LogP contribution in [0.2, 0.25) is 0 Å². The smallest absolute Gasteiger partial charge is 0.243 e. The van der Waals surface area contributed by atoms with Gasteiger partial charge in [0, 0.05) is 56.4 Å². The monoisotopic (exact) mass is 652 g/mol. The standard InChI is InChI=1S/C28H43N4O4S2.Y/c1-6-19(4)25-28(36)29-11-13-38-17-22-9-7-8-21(15-22)16-37-12-10-24(33)30-20(5)26(34)31-23(14-18(2)3)27(35)32-25;/h7-9,11,15,18-20,23,25H,6,10,12-14,16-17H2,1-5H3,(H,29,36)(H,30,33)(H,31,34)(H,32,35);/q-1;/t19-,20-,23-,25-;/m0./s1. The van der Waals surface area contributed by atoms with Crippen molar-refractivity contribution in [3.63, 3.8) is 0 Å². The minimum Gasteiger partial charge on any atom is -0.503 e. The third kappa shape index (κ3) is 13.4. The Balaban J connectivity index is 0.00000760. The largest absolute Gasteiger partial charge is 0.503 e. The van der Waals surface area contributed by atoms with Crippen molar-refractivity contribution in [2.75, 3.05) is 11.5 Å². The molecule has 0 saturated heterocycles. The molecule has 0 unspecified atom stereocenters. The molecule has 2 bridgehead atoms. The first kappa shape index (κ1) is 35.9. The van der Waals surface area contributed by atoms with Gasteiger partial charge >= 0.3 is 0 Å². The maximum atomic E-state index is 13.3. The van der Waals surface area contributed by atoms with E-state index in [-0.39, 0.29) is 56.4 Å². The molecule has 0 saturated carbocycles. The Morgan fingerprint density at radius 2 is 1.62 bits per heavy atom. The molecular formula is C28H43N4O4S2Y-. The molecule has 2 rings (SSSR count). The number of nitrogens with one attached hydrogen (secondary N) is 4. The van der Waals surface area contributed by atoms with Gasteiger partial charge in [-0.3, -0.25) is 19.2 Å². The van der Waals surface area contributed by atoms with Gasteiger partial charge in [-0.25, -0.2) is 6.54 Å². The van der Waals surface area contributed by atoms with Crippen LogP contribution in [0.15, 0.2) is 24.3 Å². The Morgan fingerprint density at radius 3 is 2.26 bits per heavy atom. The van der Waals surface area contributed by atoms with Crippen LogP contribution in [0, 0.1) is 18.4 Å². The molecule has 0 aliphatic carbocycles. The maximum Gasteiger partial charge on any atom is 0.243 e. The molecule has 4 N–H and O–H groups in total. The fraction of sp³-hybridized carbons (Fsp3) is 0.607. The van der Waals surface area contributed by atoms with Crippen LogP contribution in [0.25, 0.3) is 0 Å². The number of hydrogen-bond donors (Lipinski definition) is 4. The van der Waals surface area contributed by atoms with E-state index in [9.17, 15) is 19.2 Å². The average Bonchev–Trinajstić information content (AvgIpc) is 2.87. The van der Waals surface area contributed by atoms with Gasteiger partial charge in [0.05, 0.1) is 0 Å². The second kappa shape index (κ2) is 19.1. The second-order valence-corrected chi connectivity index (χ2v) is 12.3. The number of hydrogen-bond acceptors (Lipinski definition) is 6. The van der Waals surface area contributed by atoms with E-state index < -0.39 is 29.9 Å². The summed E-state index contributed by atoms with van der Waals surface area (Å²) in [5.41, 5.74) is 2.40. The normalized spacial score (nSPS) is 23.6. The fourth-order valence-electron chi connectivity index (χ4n) is 3.97. The average molecular weight is 653 g/mol. The minimum absolute atomic E-state index is 0. The van der Waals surface area contributed by atoms with Gasteiger partial charge in [-0.15, -0.1) is 5.75 Å². The number of thioether (sulfide) groups is 2. The molecule has 8 nitrogen and oxygen atoms in total. The topological polar surface area (TPSA) is 116 Å². The third-order valence-electron chi connectivity index (χ3n) is 6.35. The Hall–Kier alpha value is -1.10. The van der Waals surface area contributed by atoms with Crippen molar-refractivity contribution >= 4 is 47.2 Å². The number of carbonyl (C=O) groups is 4. The van der Waals surface area contributed by atoms with Crippen molar-refractivity contribution in [2.24, 2.45) is 11.8 Å². The number of benzene rings is 1. The molecule has 1 aromatic carbocycles. The molecule has 11 heteroatoms. The van der Waals surface area contributed by atoms with Crippen molar-refractivity contribution in [2.45, 2.75) is 83.5 Å². The molecule has 1 aliphatic rings. The van der Waals surface area contributed by atoms with E-state index >= 15 is 0 Å². The van der Waals surface area contributed by atoms with E-state index in [1.165, 1.54) is 11.1 Å². The molecule has 0 fully saturated rings. The van der Waals surface area contributed by atoms with Crippen molar-refractivity contribution in [3.05, 3.63) is 41.9 Å². The first-order valence-corrected chi connectivity index (χ1v) is 15.7. The van der Waals surface area contributed by atoms with Crippen LogP contribution in [-0.4, -0.2) is 53.3 Å². The summed E-state index contributed by atoms with van der Waals surface area (Å²) in [6, 6.07) is 6.03. The van der Waals surface area contributed by atoms with E-state index in [1.807, 2.05) is 33.8 Å². The Bertz CT molecular complexity index is 950. The molecule has 4 amide bonds. The van der Waals surface area contributed by atoms with E-state index in [4.69, 9.17) is 0 Å². The van der Waals surface area contributed by atoms with E-state index in [1.54, 1.807) is 37.0 Å². The Kier molecular flexibility index (Phi) is 17.6. The molecule has 39 heavy (non-hydrogen) atoms. The van der Waals surface area contributed by atoms with Crippen LogP contribution < -0.4 is 21.3 Å². The summed E-state index contributed by atoms with van der Waals surface area (Å²) < 4.78 is 0. The molecule has 1 heterocycles. The Morgan fingerprint density at radius 1 is 0.949 bits per heavy atom. The van der Waals surface area contributed by atoms with Crippen LogP contribution in [0.5, 0.6) is 0 Å². The summed E-state index contributed by atoms with van der Waals surface area (Å²) in [5, 5.41) is 11.3. The summed E-state index contributed by atoms with van der Waals surface area (Å²) in [6.07, 6.45) is 1.41. The SMILES string of the molecule is CC[C@H](C)[C@@H]1NC(=O)[C@H](CC(C)C)NC(=O)[C@H](C)NC(=O)CCSCc2cccc(c2)CSC[CH-]NC1=O.[Y]. The quantitative estimate of drug-likeness (QED) is 0.371. The molecule has 1 aliphatic heterocycles. The molecule has 4 atom stereocenters. The number of rotatable bonds is 4. The molecule has 1 radical (unpaired) electrons. The Labute approximate surface area is 267 Å². The predicted octanol–water partition coefficient (Wildman–Crippen LogP) is 3.40. The maximum absolute atomic E-state index is 13.3. The zero-order chi connectivity index (χ0) is 28.1. The minimum atomic E-state index is -0.817. The summed E-state index contributed by atoms with van der Waals surface area (Å²) in [4.78, 5) is 51.6. The summed E-state index contributed by atoms with van der Waals surface area (Å²) >= 11 is 3.36. The van der Waals surface area contributed by atoms with Crippen molar-refractivity contribution in [3.8, 4) is 0 Å². The number of fused-ring (bicyclic) bond motifs is 2. The van der Waals surface area contributed by atoms with E-state index in [0.29, 0.717) is 30.8 Å². The van der Waals surface area contributed by atoms with Gasteiger partial charge in [-0.2, -0.15) is 23.5 Å². The van der Waals surface area contributed by atoms with Gasteiger partial charge in [0.2, 0.25) is 23.6 Å². The van der Waals surface area contributed by atoms with Crippen LogP contribution >= 0.6 is 23.5 Å². The first-order valence-electron chi connectivity index (χ1n) is 13.4.